The van der Waals surface area contributed by atoms with Gasteiger partial charge in [-0.25, -0.2) is 4.57 Å². The van der Waals surface area contributed by atoms with E-state index >= 15 is 0 Å². The third kappa shape index (κ3) is 62.8. The van der Waals surface area contributed by atoms with Gasteiger partial charge in [0.15, 0.2) is 0 Å². The summed E-state index contributed by atoms with van der Waals surface area (Å²) in [6.07, 6.45) is 74.8. The van der Waals surface area contributed by atoms with Gasteiger partial charge in [-0.2, -0.15) is 0 Å². The van der Waals surface area contributed by atoms with Crippen LogP contribution in [-0.2, 0) is 27.9 Å². The molecule has 2 N–H and O–H groups in total. The van der Waals surface area contributed by atoms with E-state index in [9.17, 15) is 19.0 Å². The molecule has 0 radical (unpaired) electrons. The molecule has 0 aliphatic carbocycles. The Kier molecular flexibility index (Phi) is 60.4. The number of unbranched alkanes of at least 4 members (excludes halogenated alkanes) is 48. The first-order valence-electron chi connectivity index (χ1n) is 35.7. The number of hydrogen-bond acceptors (Lipinski definition) is 6. The fraction of sp³-hybridized carbons (Fsp3) is 0.915. The Hall–Kier alpha value is -1.51. The summed E-state index contributed by atoms with van der Waals surface area (Å²) in [5.74, 6) is -0.488. The summed E-state index contributed by atoms with van der Waals surface area (Å²) in [5, 5.41) is 3.07. The minimum Gasteiger partial charge on any atom is -0.456 e. The molecule has 1 amide bonds. The lowest BCUT2D eigenvalue weighted by atomic mass is 10.0. The standard InChI is InChI=1S/C71H139N2O7P/c1-7-10-13-16-19-22-25-28-30-32-33-34-35-36-37-38-39-41-43-46-49-52-55-58-61-64-71(75)80-69(62-59-56-53-50-47-44-27-24-21-18-15-12-9-3)68(67-79-81(76,77)78-66-65-73(4,5)6)72-70(74)63-60-57-54-51-48-45-42-40-31-29-26-23-20-17-14-11-8-2/h29,31,59,62,68-69H,7-28,30,32-58,60-61,63-67H2,1-6H3,(H-,72,74,76,77)/p+1/b31-29+,62-59-. The molecule has 0 saturated heterocycles. The molecule has 0 aromatic rings. The Labute approximate surface area is 504 Å². The van der Waals surface area contributed by atoms with Crippen LogP contribution in [0.1, 0.15) is 367 Å². The molecule has 0 heterocycles. The number of nitrogens with one attached hydrogen (secondary N) is 1. The van der Waals surface area contributed by atoms with Crippen molar-refractivity contribution in [2.75, 3.05) is 40.9 Å². The highest BCUT2D eigenvalue weighted by Gasteiger charge is 2.30. The molecule has 0 saturated carbocycles. The Morgan fingerprint density at radius 1 is 0.420 bits per heavy atom. The van der Waals surface area contributed by atoms with Gasteiger partial charge in [0, 0.05) is 12.8 Å². The first-order valence-corrected chi connectivity index (χ1v) is 37.2. The van der Waals surface area contributed by atoms with E-state index in [-0.39, 0.29) is 25.1 Å². The summed E-state index contributed by atoms with van der Waals surface area (Å²) in [6, 6.07) is -0.846. The monoisotopic (exact) mass is 1160 g/mol. The summed E-state index contributed by atoms with van der Waals surface area (Å²) in [7, 11) is 1.51. The maximum atomic E-state index is 13.6. The minimum absolute atomic E-state index is 0.0432. The van der Waals surface area contributed by atoms with Crippen LogP contribution in [0.25, 0.3) is 0 Å². The average Bonchev–Trinajstić information content (AvgIpc) is 3.44. The number of amides is 1. The minimum atomic E-state index is -4.45. The van der Waals surface area contributed by atoms with E-state index in [1.807, 2.05) is 27.2 Å². The quantitative estimate of drug-likeness (QED) is 0.0205. The zero-order valence-corrected chi connectivity index (χ0v) is 56.0. The topological polar surface area (TPSA) is 111 Å². The lowest BCUT2D eigenvalue weighted by Gasteiger charge is -2.27. The second-order valence-electron chi connectivity index (χ2n) is 25.8. The summed E-state index contributed by atoms with van der Waals surface area (Å²) < 4.78 is 30.8. The van der Waals surface area contributed by atoms with E-state index in [1.165, 1.54) is 276 Å². The van der Waals surface area contributed by atoms with E-state index in [2.05, 4.69) is 44.3 Å². The number of esters is 1. The Morgan fingerprint density at radius 3 is 1.05 bits per heavy atom. The molecule has 10 heteroatoms. The number of rotatable bonds is 66. The van der Waals surface area contributed by atoms with Gasteiger partial charge in [-0.3, -0.25) is 18.6 Å². The number of hydrogen-bond donors (Lipinski definition) is 2. The van der Waals surface area contributed by atoms with Gasteiger partial charge in [0.05, 0.1) is 33.8 Å². The molecule has 9 nitrogen and oxygen atoms in total. The van der Waals surface area contributed by atoms with Crippen LogP contribution >= 0.6 is 7.82 Å². The fourth-order valence-corrected chi connectivity index (χ4v) is 11.6. The molecule has 0 aliphatic rings. The Morgan fingerprint density at radius 2 is 0.716 bits per heavy atom. The van der Waals surface area contributed by atoms with Crippen molar-refractivity contribution in [3.05, 3.63) is 24.3 Å². The maximum absolute atomic E-state index is 13.6. The molecular formula is C71H140N2O7P+. The highest BCUT2D eigenvalue weighted by molar-refractivity contribution is 7.47. The average molecular weight is 1160 g/mol. The van der Waals surface area contributed by atoms with Crippen LogP contribution in [0.15, 0.2) is 24.3 Å². The van der Waals surface area contributed by atoms with E-state index in [0.29, 0.717) is 23.9 Å². The predicted octanol–water partition coefficient (Wildman–Crippen LogP) is 22.5. The predicted molar refractivity (Wildman–Crippen MR) is 351 cm³/mol. The molecule has 0 fully saturated rings. The van der Waals surface area contributed by atoms with Crippen molar-refractivity contribution in [1.82, 2.24) is 5.32 Å². The summed E-state index contributed by atoms with van der Waals surface area (Å²) in [4.78, 5) is 37.9. The molecule has 3 unspecified atom stereocenters. The van der Waals surface area contributed by atoms with Gasteiger partial charge < -0.3 is 19.4 Å². The van der Waals surface area contributed by atoms with Crippen LogP contribution in [0.2, 0.25) is 0 Å². The molecule has 0 spiro atoms. The van der Waals surface area contributed by atoms with Crippen LogP contribution in [0.4, 0.5) is 0 Å². The van der Waals surface area contributed by atoms with Crippen LogP contribution in [0, 0.1) is 0 Å². The third-order valence-electron chi connectivity index (χ3n) is 16.4. The molecule has 81 heavy (non-hydrogen) atoms. The molecule has 0 rings (SSSR count). The van der Waals surface area contributed by atoms with E-state index in [0.717, 1.165) is 57.8 Å². The van der Waals surface area contributed by atoms with Gasteiger partial charge in [0.25, 0.3) is 0 Å². The Balaban J connectivity index is 5.04. The number of phosphoric ester groups is 1. The summed E-state index contributed by atoms with van der Waals surface area (Å²) >= 11 is 0. The van der Waals surface area contributed by atoms with Crippen molar-refractivity contribution in [2.45, 2.75) is 380 Å². The van der Waals surface area contributed by atoms with Crippen LogP contribution in [0.5, 0.6) is 0 Å². The van der Waals surface area contributed by atoms with Gasteiger partial charge in [-0.15, -0.1) is 0 Å². The number of nitrogens with zero attached hydrogens (tertiary/aromatic N) is 1. The van der Waals surface area contributed by atoms with Crippen molar-refractivity contribution in [1.29, 1.82) is 0 Å². The van der Waals surface area contributed by atoms with Crippen molar-refractivity contribution >= 4 is 19.7 Å². The van der Waals surface area contributed by atoms with Gasteiger partial charge in [-0.1, -0.05) is 322 Å². The van der Waals surface area contributed by atoms with Crippen molar-refractivity contribution < 1.29 is 37.3 Å². The maximum Gasteiger partial charge on any atom is 0.472 e. The van der Waals surface area contributed by atoms with E-state index in [1.54, 1.807) is 0 Å². The largest absolute Gasteiger partial charge is 0.472 e. The number of phosphoric acid groups is 1. The van der Waals surface area contributed by atoms with Crippen molar-refractivity contribution in [2.24, 2.45) is 0 Å². The molecular weight excluding hydrogens is 1020 g/mol. The van der Waals surface area contributed by atoms with Gasteiger partial charge in [0.1, 0.15) is 19.3 Å². The number of ether oxygens (including phenoxy) is 1. The van der Waals surface area contributed by atoms with Crippen molar-refractivity contribution in [3.8, 4) is 0 Å². The zero-order valence-electron chi connectivity index (χ0n) is 55.1. The second-order valence-corrected chi connectivity index (χ2v) is 27.2. The number of allylic oxidation sites excluding steroid dienone is 3. The van der Waals surface area contributed by atoms with E-state index < -0.39 is 20.0 Å². The van der Waals surface area contributed by atoms with Gasteiger partial charge in [0.2, 0.25) is 5.91 Å². The fourth-order valence-electron chi connectivity index (χ4n) is 10.9. The lowest BCUT2D eigenvalue weighted by Crippen LogP contribution is -2.47. The highest BCUT2D eigenvalue weighted by atomic mass is 31.2. The molecule has 3 atom stereocenters. The van der Waals surface area contributed by atoms with Crippen LogP contribution in [0.3, 0.4) is 0 Å². The first-order chi connectivity index (χ1) is 39.4. The Bertz CT molecular complexity index is 1430. The normalized spacial score (nSPS) is 13.6. The van der Waals surface area contributed by atoms with E-state index in [4.69, 9.17) is 13.8 Å². The smallest absolute Gasteiger partial charge is 0.456 e. The second kappa shape index (κ2) is 61.6. The SMILES string of the molecule is CCCCCCCC/C=C/CCCCCCCCCC(=O)NC(COP(=O)(O)OCC[N+](C)(C)C)C(/C=C\CCCCCCCCCCCCC)OC(=O)CCCCCCCCCCCCCCCCCCCCCCCCCCC. The molecule has 0 aromatic heterocycles. The number of likely N-dealkylation sites (N-methyl/N-ethyl adjacent to an activating group) is 1. The lowest BCUT2D eigenvalue weighted by molar-refractivity contribution is -0.870. The van der Waals surface area contributed by atoms with Crippen LogP contribution < -0.4 is 5.32 Å². The third-order valence-corrected chi connectivity index (χ3v) is 17.4. The summed E-state index contributed by atoms with van der Waals surface area (Å²) in [5.41, 5.74) is 0. The molecule has 0 aliphatic heterocycles. The molecule has 0 aromatic carbocycles. The van der Waals surface area contributed by atoms with Crippen molar-refractivity contribution in [3.63, 3.8) is 0 Å². The van der Waals surface area contributed by atoms with Gasteiger partial charge >= 0.3 is 13.8 Å². The van der Waals surface area contributed by atoms with Crippen LogP contribution in [-0.4, -0.2) is 74.3 Å². The zero-order chi connectivity index (χ0) is 59.3. The van der Waals surface area contributed by atoms with Gasteiger partial charge in [-0.05, 0) is 57.4 Å². The number of quaternary nitrogens is 1. The molecule has 0 bridgehead atoms. The number of carbonyl (C=O) groups is 2. The highest BCUT2D eigenvalue weighted by Crippen LogP contribution is 2.43. The number of carbonyl (C=O) groups excluding carboxylic acids is 2. The molecule has 480 valence electrons. The summed E-state index contributed by atoms with van der Waals surface area (Å²) in [6.45, 7) is 7.07. The first kappa shape index (κ1) is 79.5.